The van der Waals surface area contributed by atoms with E-state index in [1.54, 1.807) is 0 Å². The standard InChI is InChI=1S/2C9H13.2FH.Hf/c2*1-2-3-6-9-7-4-5-8-9;;;/h2*4-5,7-8H,2-3,6H2,1H3;2*1H;/q;;;;+2/p-2. The van der Waals surface area contributed by atoms with Crippen molar-refractivity contribution in [2.75, 3.05) is 0 Å². The summed E-state index contributed by atoms with van der Waals surface area (Å²) < 4.78 is 1.01. The number of hydrogen-bond acceptors (Lipinski definition) is 0. The average Bonchev–Trinajstić information content (AvgIpc) is 3.05. The van der Waals surface area contributed by atoms with Crippen molar-refractivity contribution in [3.05, 3.63) is 48.6 Å². The van der Waals surface area contributed by atoms with Crippen molar-refractivity contribution >= 4 is 0 Å². The Morgan fingerprint density at radius 3 is 1.29 bits per heavy atom. The number of unbranched alkanes of at least 4 members (excludes halogenated alkanes) is 2. The van der Waals surface area contributed by atoms with E-state index in [9.17, 15) is 0 Å². The van der Waals surface area contributed by atoms with Crippen LogP contribution in [0, 0.1) is 0 Å². The normalized spacial score (nSPS) is 19.1. The van der Waals surface area contributed by atoms with Crippen molar-refractivity contribution in [1.82, 2.24) is 0 Å². The molecule has 0 amide bonds. The van der Waals surface area contributed by atoms with E-state index in [0.29, 0.717) is 6.34 Å². The Hall–Kier alpha value is -0.310. The summed E-state index contributed by atoms with van der Waals surface area (Å²) in [6.07, 6.45) is 27.4. The van der Waals surface area contributed by atoms with E-state index in [2.05, 4.69) is 62.5 Å². The maximum Gasteiger partial charge on any atom is -1.00 e. The molecule has 0 aromatic rings. The maximum absolute atomic E-state index is 2.53. The summed E-state index contributed by atoms with van der Waals surface area (Å²) in [5.74, 6) is 0. The molecule has 0 fully saturated rings. The van der Waals surface area contributed by atoms with Crippen LogP contribution >= 0.6 is 0 Å². The summed E-state index contributed by atoms with van der Waals surface area (Å²) >= 11 is -0.832. The summed E-state index contributed by atoms with van der Waals surface area (Å²) in [5, 5.41) is 0. The third-order valence-electron chi connectivity index (χ3n) is 4.15. The van der Waals surface area contributed by atoms with Gasteiger partial charge in [0.25, 0.3) is 0 Å². The summed E-state index contributed by atoms with van der Waals surface area (Å²) in [4.78, 5) is 0. The maximum atomic E-state index is 2.53. The van der Waals surface area contributed by atoms with Gasteiger partial charge in [0.15, 0.2) is 0 Å². The zero-order valence-corrected chi connectivity index (χ0v) is 16.7. The van der Waals surface area contributed by atoms with Gasteiger partial charge < -0.3 is 9.41 Å². The topological polar surface area (TPSA) is 0 Å². The molecule has 2 aliphatic rings. The first-order valence-corrected chi connectivity index (χ1v) is 11.4. The molecule has 21 heavy (non-hydrogen) atoms. The van der Waals surface area contributed by atoms with E-state index >= 15 is 0 Å². The van der Waals surface area contributed by atoms with Crippen molar-refractivity contribution in [3.63, 3.8) is 0 Å². The van der Waals surface area contributed by atoms with Crippen LogP contribution < -0.4 is 9.41 Å². The predicted octanol–water partition coefficient (Wildman–Crippen LogP) is 0.0267. The van der Waals surface area contributed by atoms with Crippen LogP contribution in [0.2, 0.25) is 6.34 Å². The fourth-order valence-electron chi connectivity index (χ4n) is 3.02. The molecule has 0 saturated carbocycles. The second-order valence-corrected chi connectivity index (χ2v) is 13.4. The molecule has 0 bridgehead atoms. The van der Waals surface area contributed by atoms with Gasteiger partial charge in [0.05, 0.1) is 0 Å². The molecule has 0 N–H and O–H groups in total. The van der Waals surface area contributed by atoms with E-state index in [0.717, 1.165) is 0 Å². The van der Waals surface area contributed by atoms with Gasteiger partial charge in [-0.2, -0.15) is 0 Å². The Morgan fingerprint density at radius 2 is 1.00 bits per heavy atom. The molecule has 0 nitrogen and oxygen atoms in total. The van der Waals surface area contributed by atoms with Crippen LogP contribution in [0.5, 0.6) is 0 Å². The molecular weight excluding hydrogens is 433 g/mol. The molecule has 0 spiro atoms. The molecule has 0 aromatic heterocycles. The van der Waals surface area contributed by atoms with Gasteiger partial charge in [0.2, 0.25) is 0 Å². The smallest absolute Gasteiger partial charge is 1.00 e. The summed E-state index contributed by atoms with van der Waals surface area (Å²) in [7, 11) is 0. The van der Waals surface area contributed by atoms with Crippen molar-refractivity contribution in [3.8, 4) is 0 Å². The molecule has 0 heterocycles. The minimum absolute atomic E-state index is 0. The predicted molar refractivity (Wildman–Crippen MR) is 81.0 cm³/mol. The van der Waals surface area contributed by atoms with Gasteiger partial charge in [-0.25, -0.2) is 0 Å². The van der Waals surface area contributed by atoms with Crippen molar-refractivity contribution < 1.29 is 32.3 Å². The fourth-order valence-corrected chi connectivity index (χ4v) is 10.9. The molecule has 0 saturated heterocycles. The van der Waals surface area contributed by atoms with Crippen LogP contribution in [0.3, 0.4) is 0 Å². The third-order valence-corrected chi connectivity index (χ3v) is 11.7. The minimum Gasteiger partial charge on any atom is -1.00 e. The Morgan fingerprint density at radius 1 is 0.667 bits per heavy atom. The first-order valence-electron chi connectivity index (χ1n) is 7.78. The molecule has 0 atom stereocenters. The first kappa shape index (κ1) is 20.7. The molecule has 0 unspecified atom stereocenters. The van der Waals surface area contributed by atoms with Gasteiger partial charge in [0, 0.05) is 0 Å². The number of halogens is 2. The van der Waals surface area contributed by atoms with Gasteiger partial charge in [-0.15, -0.1) is 0 Å². The van der Waals surface area contributed by atoms with E-state index < -0.39 is 22.9 Å². The second-order valence-electron chi connectivity index (χ2n) is 5.85. The molecule has 2 rings (SSSR count). The van der Waals surface area contributed by atoms with Crippen LogP contribution in [-0.4, -0.2) is 0 Å². The Labute approximate surface area is 139 Å². The SMILES string of the molecule is CCCC[C]1([Hf+2][C]2(CCCC)C=CC=C2)C=CC=C1.[F-].[F-]. The second kappa shape index (κ2) is 9.66. The molecule has 2 aliphatic carbocycles. The molecule has 0 radical (unpaired) electrons. The molecule has 116 valence electrons. The number of rotatable bonds is 8. The Kier molecular flexibility index (Phi) is 9.51. The van der Waals surface area contributed by atoms with Gasteiger partial charge in [0.1, 0.15) is 0 Å². The van der Waals surface area contributed by atoms with Gasteiger partial charge in [-0.05, 0) is 0 Å². The van der Waals surface area contributed by atoms with Crippen LogP contribution in [0.1, 0.15) is 52.4 Å². The zero-order valence-electron chi connectivity index (χ0n) is 13.1. The van der Waals surface area contributed by atoms with Crippen molar-refractivity contribution in [1.29, 1.82) is 0 Å². The summed E-state index contributed by atoms with van der Waals surface area (Å²) in [6, 6.07) is 0. The Bertz CT molecular complexity index is 345. The zero-order chi connectivity index (χ0) is 13.6. The number of allylic oxidation sites excluding steroid dienone is 8. The number of hydrogen-bond donors (Lipinski definition) is 0. The fraction of sp³-hybridized carbons (Fsp3) is 0.556. The molecule has 0 aromatic carbocycles. The van der Waals surface area contributed by atoms with Gasteiger partial charge in [-0.3, -0.25) is 0 Å². The largest absolute Gasteiger partial charge is 1.00 e. The first-order chi connectivity index (χ1) is 9.24. The Balaban J connectivity index is 0.00000200. The van der Waals surface area contributed by atoms with Crippen LogP contribution in [0.25, 0.3) is 0 Å². The summed E-state index contributed by atoms with van der Waals surface area (Å²) in [6.45, 7) is 4.62. The van der Waals surface area contributed by atoms with Crippen LogP contribution in [0.4, 0.5) is 0 Å². The molecule has 3 heteroatoms. The summed E-state index contributed by atoms with van der Waals surface area (Å²) in [5.41, 5.74) is 0. The van der Waals surface area contributed by atoms with Gasteiger partial charge >= 0.3 is 130 Å². The van der Waals surface area contributed by atoms with Crippen molar-refractivity contribution in [2.24, 2.45) is 0 Å². The average molecular weight is 459 g/mol. The van der Waals surface area contributed by atoms with E-state index in [1.165, 1.54) is 38.5 Å². The van der Waals surface area contributed by atoms with Gasteiger partial charge in [-0.1, -0.05) is 0 Å². The van der Waals surface area contributed by atoms with Crippen molar-refractivity contribution in [2.45, 2.75) is 58.7 Å². The van der Waals surface area contributed by atoms with E-state index in [-0.39, 0.29) is 9.41 Å². The molecule has 0 aliphatic heterocycles. The molecular formula is C18H26F2Hf. The minimum atomic E-state index is -0.832. The van der Waals surface area contributed by atoms with E-state index in [1.807, 2.05) is 0 Å². The van der Waals surface area contributed by atoms with E-state index in [4.69, 9.17) is 0 Å². The van der Waals surface area contributed by atoms with Crippen LogP contribution in [0.15, 0.2) is 48.6 Å². The monoisotopic (exact) mass is 460 g/mol. The van der Waals surface area contributed by atoms with Crippen LogP contribution in [-0.2, 0) is 22.9 Å². The third kappa shape index (κ3) is 5.43. The quantitative estimate of drug-likeness (QED) is 0.450.